The fourth-order valence-corrected chi connectivity index (χ4v) is 2.90. The second-order valence-electron chi connectivity index (χ2n) is 6.31. The maximum atomic E-state index is 10.9. The Morgan fingerprint density at radius 1 is 1.00 bits per heavy atom. The molecule has 0 aliphatic rings. The van der Waals surface area contributed by atoms with Crippen LogP contribution in [0.25, 0.3) is 11.0 Å². The predicted octanol–water partition coefficient (Wildman–Crippen LogP) is 3.76. The summed E-state index contributed by atoms with van der Waals surface area (Å²) in [6.07, 6.45) is -0.735. The van der Waals surface area contributed by atoms with Crippen molar-refractivity contribution in [1.82, 2.24) is 9.55 Å². The molecule has 4 nitrogen and oxygen atoms in total. The van der Waals surface area contributed by atoms with E-state index in [1.165, 1.54) is 0 Å². The van der Waals surface area contributed by atoms with E-state index in [0.717, 1.165) is 22.3 Å². The average Bonchev–Trinajstić information content (AvgIpc) is 2.93. The number of rotatable bonds is 4. The molecule has 0 bridgehead atoms. The first kappa shape index (κ1) is 15.6. The highest BCUT2D eigenvalue weighted by atomic mass is 16.3. The third-order valence-electron chi connectivity index (χ3n) is 4.11. The fraction of sp³-hybridized carbons (Fsp3) is 0.316. The molecule has 120 valence electrons. The summed E-state index contributed by atoms with van der Waals surface area (Å²) >= 11 is 0. The topological polar surface area (TPSA) is 41.3 Å². The van der Waals surface area contributed by atoms with Crippen molar-refractivity contribution in [2.75, 3.05) is 19.0 Å². The van der Waals surface area contributed by atoms with Crippen molar-refractivity contribution in [2.45, 2.75) is 26.0 Å². The number of aliphatic hydroxyl groups is 1. The van der Waals surface area contributed by atoms with Gasteiger partial charge in [-0.3, -0.25) is 0 Å². The number of hydrogen-bond donors (Lipinski definition) is 1. The molecule has 1 atom stereocenters. The Morgan fingerprint density at radius 3 is 2.26 bits per heavy atom. The van der Waals surface area contributed by atoms with Gasteiger partial charge >= 0.3 is 0 Å². The monoisotopic (exact) mass is 309 g/mol. The van der Waals surface area contributed by atoms with E-state index >= 15 is 0 Å². The summed E-state index contributed by atoms with van der Waals surface area (Å²) < 4.78 is 2.11. The molecule has 0 radical (unpaired) electrons. The lowest BCUT2D eigenvalue weighted by Crippen LogP contribution is -2.12. The van der Waals surface area contributed by atoms with Crippen molar-refractivity contribution in [1.29, 1.82) is 0 Å². The molecule has 1 N–H and O–H groups in total. The maximum Gasteiger partial charge on any atom is 0.143 e. The SMILES string of the molecule is CC(C)n1c(C(O)c2ccc(N(C)C)cc2)nc2ccccc21. The van der Waals surface area contributed by atoms with Gasteiger partial charge in [0.25, 0.3) is 0 Å². The average molecular weight is 309 g/mol. The number of aromatic nitrogens is 2. The van der Waals surface area contributed by atoms with Crippen molar-refractivity contribution < 1.29 is 5.11 Å². The molecule has 1 unspecified atom stereocenters. The van der Waals surface area contributed by atoms with Crippen LogP contribution in [-0.2, 0) is 0 Å². The highest BCUT2D eigenvalue weighted by molar-refractivity contribution is 5.76. The molecule has 0 saturated heterocycles. The van der Waals surface area contributed by atoms with E-state index < -0.39 is 6.10 Å². The van der Waals surface area contributed by atoms with Crippen LogP contribution in [0.1, 0.15) is 37.4 Å². The summed E-state index contributed by atoms with van der Waals surface area (Å²) in [5.74, 6) is 0.693. The van der Waals surface area contributed by atoms with Crippen molar-refractivity contribution in [3.8, 4) is 0 Å². The Balaban J connectivity index is 2.06. The molecular formula is C19H23N3O. The van der Waals surface area contributed by atoms with Crippen LogP contribution in [0.5, 0.6) is 0 Å². The molecule has 23 heavy (non-hydrogen) atoms. The van der Waals surface area contributed by atoms with Crippen molar-refractivity contribution in [2.24, 2.45) is 0 Å². The van der Waals surface area contributed by atoms with Crippen LogP contribution >= 0.6 is 0 Å². The number of imidazole rings is 1. The molecule has 1 heterocycles. The molecule has 3 rings (SSSR count). The van der Waals surface area contributed by atoms with Crippen molar-refractivity contribution >= 4 is 16.7 Å². The molecule has 0 aliphatic carbocycles. The van der Waals surface area contributed by atoms with Crippen LogP contribution in [0.15, 0.2) is 48.5 Å². The molecule has 0 fully saturated rings. The first-order valence-corrected chi connectivity index (χ1v) is 7.91. The van der Waals surface area contributed by atoms with E-state index in [1.807, 2.05) is 67.5 Å². The smallest absolute Gasteiger partial charge is 0.143 e. The van der Waals surface area contributed by atoms with Gasteiger partial charge in [0, 0.05) is 25.8 Å². The first-order valence-electron chi connectivity index (χ1n) is 7.91. The van der Waals surface area contributed by atoms with Gasteiger partial charge in [-0.2, -0.15) is 0 Å². The van der Waals surface area contributed by atoms with Gasteiger partial charge in [0.2, 0.25) is 0 Å². The van der Waals surface area contributed by atoms with Crippen LogP contribution in [0, 0.1) is 0 Å². The van der Waals surface area contributed by atoms with Gasteiger partial charge < -0.3 is 14.6 Å². The number of anilines is 1. The molecule has 1 aromatic heterocycles. The fourth-order valence-electron chi connectivity index (χ4n) is 2.90. The Kier molecular flexibility index (Phi) is 4.09. The van der Waals surface area contributed by atoms with Gasteiger partial charge in [-0.15, -0.1) is 0 Å². The predicted molar refractivity (Wildman–Crippen MR) is 94.9 cm³/mol. The third kappa shape index (κ3) is 2.82. The summed E-state index contributed by atoms with van der Waals surface area (Å²) in [5, 5.41) is 10.9. The van der Waals surface area contributed by atoms with Crippen LogP contribution in [-0.4, -0.2) is 28.8 Å². The largest absolute Gasteiger partial charge is 0.380 e. The van der Waals surface area contributed by atoms with E-state index in [9.17, 15) is 5.11 Å². The minimum atomic E-state index is -0.735. The molecule has 2 aromatic carbocycles. The van der Waals surface area contributed by atoms with Crippen LogP contribution in [0.4, 0.5) is 5.69 Å². The molecule has 0 spiro atoms. The van der Waals surface area contributed by atoms with Gasteiger partial charge in [0.1, 0.15) is 11.9 Å². The minimum Gasteiger partial charge on any atom is -0.380 e. The van der Waals surface area contributed by atoms with Gasteiger partial charge in [-0.05, 0) is 43.7 Å². The number of hydrogen-bond acceptors (Lipinski definition) is 3. The summed E-state index contributed by atoms with van der Waals surface area (Å²) in [5.41, 5.74) is 3.94. The highest BCUT2D eigenvalue weighted by Gasteiger charge is 2.21. The highest BCUT2D eigenvalue weighted by Crippen LogP contribution is 2.29. The number of nitrogens with zero attached hydrogens (tertiary/aromatic N) is 3. The van der Waals surface area contributed by atoms with Crippen molar-refractivity contribution in [3.63, 3.8) is 0 Å². The Morgan fingerprint density at radius 2 is 1.65 bits per heavy atom. The van der Waals surface area contributed by atoms with Gasteiger partial charge in [0.15, 0.2) is 0 Å². The minimum absolute atomic E-state index is 0.230. The molecule has 0 saturated carbocycles. The Bertz CT molecular complexity index is 803. The van der Waals surface area contributed by atoms with E-state index in [-0.39, 0.29) is 6.04 Å². The molecule has 3 aromatic rings. The lowest BCUT2D eigenvalue weighted by atomic mass is 10.1. The summed E-state index contributed by atoms with van der Waals surface area (Å²) in [6.45, 7) is 4.22. The zero-order valence-electron chi connectivity index (χ0n) is 14.1. The zero-order valence-corrected chi connectivity index (χ0v) is 14.1. The number of aliphatic hydroxyl groups excluding tert-OH is 1. The maximum absolute atomic E-state index is 10.9. The first-order chi connectivity index (χ1) is 11.0. The number of para-hydroxylation sites is 2. The van der Waals surface area contributed by atoms with E-state index in [0.29, 0.717) is 5.82 Å². The summed E-state index contributed by atoms with van der Waals surface area (Å²) in [7, 11) is 4.01. The number of benzene rings is 2. The Hall–Kier alpha value is -2.33. The third-order valence-corrected chi connectivity index (χ3v) is 4.11. The van der Waals surface area contributed by atoms with E-state index in [1.54, 1.807) is 0 Å². The van der Waals surface area contributed by atoms with Crippen LogP contribution < -0.4 is 4.90 Å². The second kappa shape index (κ2) is 6.05. The van der Waals surface area contributed by atoms with Crippen LogP contribution in [0.3, 0.4) is 0 Å². The Labute approximate surface area is 137 Å². The quantitative estimate of drug-likeness (QED) is 0.797. The van der Waals surface area contributed by atoms with Gasteiger partial charge in [-0.1, -0.05) is 24.3 Å². The molecule has 0 amide bonds. The molecular weight excluding hydrogens is 286 g/mol. The van der Waals surface area contributed by atoms with E-state index in [4.69, 9.17) is 0 Å². The normalized spacial score (nSPS) is 12.8. The second-order valence-corrected chi connectivity index (χ2v) is 6.31. The summed E-state index contributed by atoms with van der Waals surface area (Å²) in [4.78, 5) is 6.71. The van der Waals surface area contributed by atoms with E-state index in [2.05, 4.69) is 23.4 Å². The molecule has 0 aliphatic heterocycles. The molecule has 4 heteroatoms. The zero-order chi connectivity index (χ0) is 16.6. The summed E-state index contributed by atoms with van der Waals surface area (Å²) in [6, 6.07) is 16.2. The lowest BCUT2D eigenvalue weighted by molar-refractivity contribution is 0.203. The lowest BCUT2D eigenvalue weighted by Gasteiger charge is -2.18. The standard InChI is InChI=1S/C19H23N3O/c1-13(2)22-17-8-6-5-7-16(17)20-19(22)18(23)14-9-11-15(12-10-14)21(3)4/h5-13,18,23H,1-4H3. The van der Waals surface area contributed by atoms with Gasteiger partial charge in [0.05, 0.1) is 11.0 Å². The van der Waals surface area contributed by atoms with Crippen molar-refractivity contribution in [3.05, 3.63) is 59.9 Å². The number of fused-ring (bicyclic) bond motifs is 1. The van der Waals surface area contributed by atoms with Crippen LogP contribution in [0.2, 0.25) is 0 Å². The van der Waals surface area contributed by atoms with Gasteiger partial charge in [-0.25, -0.2) is 4.98 Å².